The van der Waals surface area contributed by atoms with Gasteiger partial charge >= 0.3 is 5.97 Å². The Morgan fingerprint density at radius 2 is 1.87 bits per heavy atom. The molecular formula is C22H25N5O3. The third-order valence-electron chi connectivity index (χ3n) is 4.61. The van der Waals surface area contributed by atoms with Crippen molar-refractivity contribution in [1.29, 1.82) is 0 Å². The van der Waals surface area contributed by atoms with Gasteiger partial charge in [-0.2, -0.15) is 15.0 Å². The molecule has 0 aliphatic heterocycles. The van der Waals surface area contributed by atoms with E-state index in [1.165, 1.54) is 0 Å². The molecule has 0 saturated carbocycles. The van der Waals surface area contributed by atoms with Crippen molar-refractivity contribution < 1.29 is 14.3 Å². The lowest BCUT2D eigenvalue weighted by Crippen LogP contribution is -2.17. The quantitative estimate of drug-likeness (QED) is 0.546. The zero-order valence-corrected chi connectivity index (χ0v) is 17.3. The average molecular weight is 407 g/mol. The number of para-hydroxylation sites is 1. The van der Waals surface area contributed by atoms with Crippen LogP contribution in [0.2, 0.25) is 0 Å². The maximum absolute atomic E-state index is 12.1. The number of carbonyl (C=O) groups is 1. The first-order valence-electron chi connectivity index (χ1n) is 9.66. The Hall–Kier alpha value is -3.68. The van der Waals surface area contributed by atoms with Crippen LogP contribution in [0.4, 0.5) is 17.6 Å². The number of ether oxygens (including phenoxy) is 2. The predicted molar refractivity (Wildman–Crippen MR) is 115 cm³/mol. The van der Waals surface area contributed by atoms with Crippen LogP contribution in [0.25, 0.3) is 0 Å². The Morgan fingerprint density at radius 1 is 1.07 bits per heavy atom. The van der Waals surface area contributed by atoms with Gasteiger partial charge in [0.25, 0.3) is 0 Å². The van der Waals surface area contributed by atoms with Crippen molar-refractivity contribution >= 4 is 23.6 Å². The number of hydrogen-bond donors (Lipinski definition) is 2. The number of hydrogen-bond acceptors (Lipinski definition) is 8. The second-order valence-corrected chi connectivity index (χ2v) is 6.72. The zero-order valence-electron chi connectivity index (χ0n) is 17.3. The van der Waals surface area contributed by atoms with Crippen molar-refractivity contribution in [3.63, 3.8) is 0 Å². The highest BCUT2D eigenvalue weighted by Crippen LogP contribution is 2.21. The first kappa shape index (κ1) is 21.0. The second-order valence-electron chi connectivity index (χ2n) is 6.72. The summed E-state index contributed by atoms with van der Waals surface area (Å²) in [4.78, 5) is 24.5. The molecule has 8 heteroatoms. The molecule has 0 atom stereocenters. The number of benzene rings is 2. The largest absolute Gasteiger partial charge is 0.482 e. The number of carbonyl (C=O) groups excluding carboxylic acids is 1. The average Bonchev–Trinajstić information content (AvgIpc) is 2.73. The van der Waals surface area contributed by atoms with Gasteiger partial charge in [0.15, 0.2) is 19.0 Å². The monoisotopic (exact) mass is 407 g/mol. The molecule has 0 spiro atoms. The molecule has 0 fully saturated rings. The zero-order chi connectivity index (χ0) is 21.5. The van der Waals surface area contributed by atoms with Crippen molar-refractivity contribution in [1.82, 2.24) is 15.0 Å². The summed E-state index contributed by atoms with van der Waals surface area (Å²) >= 11 is 0. The fourth-order valence-electron chi connectivity index (χ4n) is 2.83. The third kappa shape index (κ3) is 5.44. The van der Waals surface area contributed by atoms with E-state index in [9.17, 15) is 4.79 Å². The summed E-state index contributed by atoms with van der Waals surface area (Å²) in [7, 11) is 0. The van der Waals surface area contributed by atoms with E-state index in [0.29, 0.717) is 11.7 Å². The fourth-order valence-corrected chi connectivity index (χ4v) is 2.83. The van der Waals surface area contributed by atoms with Crippen LogP contribution in [0.3, 0.4) is 0 Å². The van der Waals surface area contributed by atoms with Crippen LogP contribution in [-0.2, 0) is 22.6 Å². The summed E-state index contributed by atoms with van der Waals surface area (Å²) in [5, 5.41) is 3.14. The molecule has 3 rings (SSSR count). The predicted octanol–water partition coefficient (Wildman–Crippen LogP) is 3.50. The maximum Gasteiger partial charge on any atom is 0.344 e. The van der Waals surface area contributed by atoms with Crippen LogP contribution in [0.5, 0.6) is 5.75 Å². The normalized spacial score (nSPS) is 10.5. The van der Waals surface area contributed by atoms with Crippen molar-refractivity contribution in [2.45, 2.75) is 33.8 Å². The lowest BCUT2D eigenvalue weighted by atomic mass is 10.1. The Morgan fingerprint density at radius 3 is 2.67 bits per heavy atom. The van der Waals surface area contributed by atoms with Gasteiger partial charge in [0, 0.05) is 5.69 Å². The Labute approximate surface area is 175 Å². The van der Waals surface area contributed by atoms with Crippen LogP contribution in [-0.4, -0.2) is 27.5 Å². The van der Waals surface area contributed by atoms with Gasteiger partial charge in [0.05, 0.1) is 0 Å². The highest BCUT2D eigenvalue weighted by Gasteiger charge is 2.11. The minimum atomic E-state index is -0.527. The van der Waals surface area contributed by atoms with Crippen LogP contribution < -0.4 is 15.8 Å². The molecule has 1 heterocycles. The number of nitrogens with two attached hydrogens (primary N) is 1. The number of aromatic nitrogens is 3. The molecule has 2 aromatic carbocycles. The summed E-state index contributed by atoms with van der Waals surface area (Å²) in [6.07, 6.45) is 0.856. The summed E-state index contributed by atoms with van der Waals surface area (Å²) in [6.45, 7) is 5.64. The lowest BCUT2D eigenvalue weighted by Gasteiger charge is -2.12. The first-order valence-corrected chi connectivity index (χ1v) is 9.66. The van der Waals surface area contributed by atoms with Gasteiger partial charge in [-0.25, -0.2) is 4.79 Å². The highest BCUT2D eigenvalue weighted by molar-refractivity contribution is 5.71. The summed E-state index contributed by atoms with van der Waals surface area (Å²) in [5.74, 6) is 0.706. The van der Waals surface area contributed by atoms with Gasteiger partial charge in [0.2, 0.25) is 11.9 Å². The molecular weight excluding hydrogens is 382 g/mol. The topological polar surface area (TPSA) is 112 Å². The molecule has 3 aromatic rings. The molecule has 0 radical (unpaired) electrons. The second kappa shape index (κ2) is 9.69. The molecule has 0 aliphatic carbocycles. The van der Waals surface area contributed by atoms with Gasteiger partial charge in [-0.1, -0.05) is 37.3 Å². The molecule has 0 bridgehead atoms. The molecule has 0 aliphatic rings. The number of nitrogens with one attached hydrogen (secondary N) is 1. The van der Waals surface area contributed by atoms with E-state index >= 15 is 0 Å². The summed E-state index contributed by atoms with van der Waals surface area (Å²) in [6, 6.07) is 13.5. The van der Waals surface area contributed by atoms with Crippen molar-refractivity contribution in [3.8, 4) is 5.75 Å². The smallest absolute Gasteiger partial charge is 0.344 e. The van der Waals surface area contributed by atoms with E-state index < -0.39 is 5.97 Å². The summed E-state index contributed by atoms with van der Waals surface area (Å²) < 4.78 is 10.8. The van der Waals surface area contributed by atoms with E-state index in [2.05, 4.69) is 27.2 Å². The number of nitrogen functional groups attached to an aromatic ring is 1. The molecule has 0 saturated heterocycles. The van der Waals surface area contributed by atoms with Gasteiger partial charge in [0.1, 0.15) is 5.75 Å². The van der Waals surface area contributed by atoms with Crippen LogP contribution in [0.15, 0.2) is 42.5 Å². The third-order valence-corrected chi connectivity index (χ3v) is 4.61. The highest BCUT2D eigenvalue weighted by atomic mass is 16.6. The van der Waals surface area contributed by atoms with Crippen molar-refractivity contribution in [2.24, 2.45) is 0 Å². The number of rotatable bonds is 8. The van der Waals surface area contributed by atoms with Gasteiger partial charge in [-0.15, -0.1) is 0 Å². The minimum Gasteiger partial charge on any atom is -0.482 e. The van der Waals surface area contributed by atoms with E-state index in [1.807, 2.05) is 56.3 Å². The van der Waals surface area contributed by atoms with Gasteiger partial charge in [-0.3, -0.25) is 0 Å². The molecule has 8 nitrogen and oxygen atoms in total. The Balaban J connectivity index is 1.60. The number of aryl methyl sites for hydroxylation is 2. The molecule has 30 heavy (non-hydrogen) atoms. The van der Waals surface area contributed by atoms with E-state index in [4.69, 9.17) is 15.2 Å². The molecule has 0 unspecified atom stereocenters. The molecule has 0 amide bonds. The number of anilines is 3. The van der Waals surface area contributed by atoms with Crippen LogP contribution in [0, 0.1) is 13.8 Å². The van der Waals surface area contributed by atoms with Crippen molar-refractivity contribution in [3.05, 3.63) is 65.0 Å². The Kier molecular flexibility index (Phi) is 6.79. The molecule has 156 valence electrons. The maximum atomic E-state index is 12.1. The SMILES string of the molecule is CCc1ccccc1Nc1nc(N)nc(COC(=O)COc2cccc(C)c2C)n1. The number of nitrogens with zero attached hydrogens (tertiary/aromatic N) is 3. The number of esters is 1. The van der Waals surface area contributed by atoms with Crippen molar-refractivity contribution in [2.75, 3.05) is 17.7 Å². The first-order chi connectivity index (χ1) is 14.5. The van der Waals surface area contributed by atoms with E-state index in [1.54, 1.807) is 0 Å². The van der Waals surface area contributed by atoms with E-state index in [0.717, 1.165) is 28.8 Å². The standard InChI is InChI=1S/C22H25N5O3/c1-4-16-9-5-6-10-17(16)24-22-26-19(25-21(23)27-22)12-30-20(28)13-29-18-11-7-8-14(2)15(18)3/h5-11H,4,12-13H2,1-3H3,(H3,23,24,25,26,27). The lowest BCUT2D eigenvalue weighted by molar-refractivity contribution is -0.147. The fraction of sp³-hybridized carbons (Fsp3) is 0.273. The van der Waals surface area contributed by atoms with E-state index in [-0.39, 0.29) is 25.0 Å². The van der Waals surface area contributed by atoms with Crippen LogP contribution >= 0.6 is 0 Å². The molecule has 3 N–H and O–H groups in total. The minimum absolute atomic E-state index is 0.0409. The molecule has 1 aromatic heterocycles. The van der Waals surface area contributed by atoms with Gasteiger partial charge < -0.3 is 20.5 Å². The summed E-state index contributed by atoms with van der Waals surface area (Å²) in [5.41, 5.74) is 9.87. The van der Waals surface area contributed by atoms with Crippen LogP contribution in [0.1, 0.15) is 29.4 Å². The van der Waals surface area contributed by atoms with Gasteiger partial charge in [-0.05, 0) is 49.1 Å². The Bertz CT molecular complexity index is 1040.